The van der Waals surface area contributed by atoms with Crippen molar-refractivity contribution in [3.63, 3.8) is 0 Å². The van der Waals surface area contributed by atoms with Gasteiger partial charge in [0.2, 0.25) is 5.43 Å². The van der Waals surface area contributed by atoms with E-state index in [1.165, 1.54) is 23.5 Å². The molecule has 114 valence electrons. The number of likely N-dealkylation sites (N-methyl/N-ethyl adjacent to an activating group) is 1. The van der Waals surface area contributed by atoms with E-state index in [2.05, 4.69) is 26.8 Å². The van der Waals surface area contributed by atoms with Crippen molar-refractivity contribution in [3.8, 4) is 0 Å². The molecule has 0 atom stereocenters. The van der Waals surface area contributed by atoms with E-state index in [-0.39, 0.29) is 5.43 Å². The minimum Gasteiger partial charge on any atom is -0.345 e. The van der Waals surface area contributed by atoms with Gasteiger partial charge in [0.25, 0.3) is 0 Å². The number of nitrogens with zero attached hydrogens (tertiary/aromatic N) is 3. The Labute approximate surface area is 130 Å². The fourth-order valence-electron chi connectivity index (χ4n) is 2.74. The van der Waals surface area contributed by atoms with Crippen molar-refractivity contribution in [3.05, 3.63) is 34.2 Å². The van der Waals surface area contributed by atoms with Gasteiger partial charge in [0.15, 0.2) is 5.13 Å². The Balaban J connectivity index is 1.85. The molecule has 5 nitrogen and oxygen atoms in total. The number of anilines is 1. The fraction of sp³-hybridized carbons (Fsp3) is 0.333. The summed E-state index contributed by atoms with van der Waals surface area (Å²) in [5.41, 5.74) is 0.837. The van der Waals surface area contributed by atoms with Crippen LogP contribution in [-0.2, 0) is 0 Å². The van der Waals surface area contributed by atoms with Crippen LogP contribution in [0.25, 0.3) is 21.3 Å². The van der Waals surface area contributed by atoms with E-state index >= 15 is 0 Å². The second kappa shape index (κ2) is 5.03. The van der Waals surface area contributed by atoms with E-state index in [1.54, 1.807) is 6.07 Å². The number of aromatic amines is 1. The molecule has 0 unspecified atom stereocenters. The molecule has 0 radical (unpaired) electrons. The largest absolute Gasteiger partial charge is 0.345 e. The Bertz CT molecular complexity index is 911. The molecule has 1 aromatic carbocycles. The molecule has 3 aromatic rings. The summed E-state index contributed by atoms with van der Waals surface area (Å²) in [4.78, 5) is 25.4. The van der Waals surface area contributed by atoms with Crippen LogP contribution < -0.4 is 10.3 Å². The molecule has 4 rings (SSSR count). The zero-order chi connectivity index (χ0) is 15.3. The van der Waals surface area contributed by atoms with Gasteiger partial charge in [-0.2, -0.15) is 0 Å². The number of rotatable bonds is 1. The van der Waals surface area contributed by atoms with Crippen molar-refractivity contribution in [2.75, 3.05) is 38.1 Å². The van der Waals surface area contributed by atoms with Crippen LogP contribution in [0.3, 0.4) is 0 Å². The van der Waals surface area contributed by atoms with Crippen LogP contribution in [0.4, 0.5) is 9.52 Å². The maximum absolute atomic E-state index is 13.4. The van der Waals surface area contributed by atoms with Crippen molar-refractivity contribution in [2.45, 2.75) is 0 Å². The number of nitrogens with one attached hydrogen (secondary N) is 1. The van der Waals surface area contributed by atoms with E-state index in [9.17, 15) is 9.18 Å². The minimum absolute atomic E-state index is 0.208. The molecule has 1 aliphatic rings. The molecule has 0 bridgehead atoms. The molecule has 1 saturated heterocycles. The van der Waals surface area contributed by atoms with Gasteiger partial charge in [-0.05, 0) is 25.2 Å². The molecule has 1 aliphatic heterocycles. The second-order valence-electron chi connectivity index (χ2n) is 5.61. The summed E-state index contributed by atoms with van der Waals surface area (Å²) in [7, 11) is 2.10. The van der Waals surface area contributed by atoms with Crippen LogP contribution in [-0.4, -0.2) is 48.1 Å². The predicted octanol–water partition coefficient (Wildman–Crippen LogP) is 2.03. The van der Waals surface area contributed by atoms with Gasteiger partial charge in [-0.3, -0.25) is 4.79 Å². The molecule has 0 saturated carbocycles. The minimum atomic E-state index is -0.410. The lowest BCUT2D eigenvalue weighted by molar-refractivity contribution is 0.313. The van der Waals surface area contributed by atoms with E-state index in [0.29, 0.717) is 16.4 Å². The Morgan fingerprint density at radius 2 is 2.05 bits per heavy atom. The van der Waals surface area contributed by atoms with Gasteiger partial charge >= 0.3 is 0 Å². The van der Waals surface area contributed by atoms with Crippen LogP contribution >= 0.6 is 11.3 Å². The first-order valence-electron chi connectivity index (χ1n) is 7.17. The van der Waals surface area contributed by atoms with Crippen LogP contribution in [0.15, 0.2) is 23.0 Å². The third kappa shape index (κ3) is 2.17. The number of fused-ring (bicyclic) bond motifs is 2. The van der Waals surface area contributed by atoms with E-state index in [1.807, 2.05) is 0 Å². The zero-order valence-corrected chi connectivity index (χ0v) is 12.9. The van der Waals surface area contributed by atoms with Gasteiger partial charge < -0.3 is 14.8 Å². The summed E-state index contributed by atoms with van der Waals surface area (Å²) in [6.07, 6.45) is 0. The van der Waals surface area contributed by atoms with Crippen LogP contribution in [0.1, 0.15) is 0 Å². The number of benzene rings is 1. The van der Waals surface area contributed by atoms with Crippen molar-refractivity contribution < 1.29 is 4.39 Å². The van der Waals surface area contributed by atoms with Gasteiger partial charge in [-0.15, -0.1) is 0 Å². The van der Waals surface area contributed by atoms with Crippen LogP contribution in [0, 0.1) is 5.82 Å². The molecule has 0 spiro atoms. The lowest BCUT2D eigenvalue weighted by Crippen LogP contribution is -2.44. The number of aromatic nitrogens is 2. The van der Waals surface area contributed by atoms with E-state index < -0.39 is 5.82 Å². The first kappa shape index (κ1) is 13.7. The monoisotopic (exact) mass is 318 g/mol. The molecule has 0 amide bonds. The van der Waals surface area contributed by atoms with Gasteiger partial charge in [0, 0.05) is 26.2 Å². The fourth-order valence-corrected chi connectivity index (χ4v) is 3.77. The number of hydrogen-bond acceptors (Lipinski definition) is 5. The average Bonchev–Trinajstić information content (AvgIpc) is 2.93. The molecule has 7 heteroatoms. The topological polar surface area (TPSA) is 52.2 Å². The third-order valence-electron chi connectivity index (χ3n) is 4.08. The lowest BCUT2D eigenvalue weighted by atomic mass is 10.2. The normalized spacial score (nSPS) is 16.7. The lowest BCUT2D eigenvalue weighted by Gasteiger charge is -2.31. The highest BCUT2D eigenvalue weighted by Gasteiger charge is 2.19. The number of thiazole rings is 1. The summed E-state index contributed by atoms with van der Waals surface area (Å²) in [6.45, 7) is 3.77. The first-order valence-corrected chi connectivity index (χ1v) is 7.99. The molecular weight excluding hydrogens is 303 g/mol. The van der Waals surface area contributed by atoms with Crippen molar-refractivity contribution in [2.24, 2.45) is 0 Å². The average molecular weight is 318 g/mol. The van der Waals surface area contributed by atoms with Gasteiger partial charge in [0.05, 0.1) is 10.9 Å². The maximum atomic E-state index is 13.4. The van der Waals surface area contributed by atoms with Crippen LogP contribution in [0.5, 0.6) is 0 Å². The quantitative estimate of drug-likeness (QED) is 0.746. The van der Waals surface area contributed by atoms with Crippen molar-refractivity contribution in [1.29, 1.82) is 0 Å². The SMILES string of the molecule is CN1CCN(c2nc3c(=O)c4cc(F)ccc4[nH]c3s2)CC1. The Morgan fingerprint density at radius 3 is 2.82 bits per heavy atom. The van der Waals surface area contributed by atoms with E-state index in [4.69, 9.17) is 0 Å². The first-order chi connectivity index (χ1) is 10.6. The molecule has 3 heterocycles. The Hall–Kier alpha value is -1.99. The van der Waals surface area contributed by atoms with Gasteiger partial charge in [-0.25, -0.2) is 9.37 Å². The third-order valence-corrected chi connectivity index (χ3v) is 5.11. The van der Waals surface area contributed by atoms with Crippen molar-refractivity contribution >= 4 is 37.7 Å². The summed E-state index contributed by atoms with van der Waals surface area (Å²) in [5.74, 6) is -0.410. The van der Waals surface area contributed by atoms with E-state index in [0.717, 1.165) is 36.1 Å². The smallest absolute Gasteiger partial charge is 0.216 e. The number of halogens is 1. The molecular formula is C15H15FN4OS. The number of hydrogen-bond donors (Lipinski definition) is 1. The molecule has 0 aliphatic carbocycles. The number of H-pyrrole nitrogens is 1. The summed E-state index contributed by atoms with van der Waals surface area (Å²) >= 11 is 1.49. The highest BCUT2D eigenvalue weighted by Crippen LogP contribution is 2.28. The number of piperazine rings is 1. The predicted molar refractivity (Wildman–Crippen MR) is 87.4 cm³/mol. The Kier molecular flexibility index (Phi) is 3.12. The standard InChI is InChI=1S/C15H15FN4OS/c1-19-4-6-20(7-5-19)15-18-12-13(21)10-8-9(16)2-3-11(10)17-14(12)22-15/h2-3,8H,4-7H2,1H3,(H,17,21). The van der Waals surface area contributed by atoms with Crippen molar-refractivity contribution in [1.82, 2.24) is 14.9 Å². The maximum Gasteiger partial charge on any atom is 0.216 e. The summed E-state index contributed by atoms with van der Waals surface area (Å²) in [5, 5.41) is 1.20. The summed E-state index contributed by atoms with van der Waals surface area (Å²) < 4.78 is 13.4. The number of pyridine rings is 1. The highest BCUT2D eigenvalue weighted by atomic mass is 32.1. The second-order valence-corrected chi connectivity index (χ2v) is 6.59. The zero-order valence-electron chi connectivity index (χ0n) is 12.1. The Morgan fingerprint density at radius 1 is 1.27 bits per heavy atom. The molecule has 1 fully saturated rings. The van der Waals surface area contributed by atoms with Gasteiger partial charge in [0.1, 0.15) is 16.2 Å². The molecule has 1 N–H and O–H groups in total. The summed E-state index contributed by atoms with van der Waals surface area (Å²) in [6, 6.07) is 4.22. The van der Waals surface area contributed by atoms with Gasteiger partial charge in [-0.1, -0.05) is 11.3 Å². The molecule has 22 heavy (non-hydrogen) atoms. The molecule has 2 aromatic heterocycles. The van der Waals surface area contributed by atoms with Crippen LogP contribution in [0.2, 0.25) is 0 Å². The highest BCUT2D eigenvalue weighted by molar-refractivity contribution is 7.21.